The first-order valence-electron chi connectivity index (χ1n) is 7.51. The fourth-order valence-corrected chi connectivity index (χ4v) is 3.15. The van der Waals surface area contributed by atoms with Gasteiger partial charge in [-0.3, -0.25) is 4.79 Å². The van der Waals surface area contributed by atoms with E-state index in [1.165, 1.54) is 0 Å². The Bertz CT molecular complexity index is 708. The van der Waals surface area contributed by atoms with Crippen LogP contribution in [0.2, 0.25) is 0 Å². The molecule has 1 unspecified atom stereocenters. The smallest absolute Gasteiger partial charge is 0.290 e. The zero-order chi connectivity index (χ0) is 15.1. The van der Waals surface area contributed by atoms with Crippen molar-refractivity contribution in [2.24, 2.45) is 0 Å². The summed E-state index contributed by atoms with van der Waals surface area (Å²) in [4.78, 5) is 14.7. The number of nitrogens with zero attached hydrogens (tertiary/aromatic N) is 1. The van der Waals surface area contributed by atoms with Crippen LogP contribution in [0.25, 0.3) is 11.0 Å². The van der Waals surface area contributed by atoms with Gasteiger partial charge in [0.05, 0.1) is 0 Å². The van der Waals surface area contributed by atoms with Gasteiger partial charge in [0.1, 0.15) is 5.58 Å². The molecule has 1 aromatic heterocycles. The van der Waals surface area contributed by atoms with Gasteiger partial charge >= 0.3 is 0 Å². The van der Waals surface area contributed by atoms with Crippen LogP contribution in [0, 0.1) is 20.8 Å². The molecule has 0 aliphatic carbocycles. The Hall–Kier alpha value is -1.52. The molecular formula is C17H23ClN2O2. The lowest BCUT2D eigenvalue weighted by molar-refractivity contribution is 0.0624. The first kappa shape index (κ1) is 16.8. The van der Waals surface area contributed by atoms with E-state index in [-0.39, 0.29) is 24.4 Å². The van der Waals surface area contributed by atoms with Crippen molar-refractivity contribution in [2.45, 2.75) is 33.7 Å². The number of carbonyl (C=O) groups excluding carboxylic acids is 1. The molecule has 22 heavy (non-hydrogen) atoms. The summed E-state index contributed by atoms with van der Waals surface area (Å²) < 4.78 is 5.96. The minimum atomic E-state index is 0. The quantitative estimate of drug-likeness (QED) is 0.877. The lowest BCUT2D eigenvalue weighted by Crippen LogP contribution is -2.52. The summed E-state index contributed by atoms with van der Waals surface area (Å²) in [5.41, 5.74) is 4.04. The third kappa shape index (κ3) is 2.61. The van der Waals surface area contributed by atoms with Crippen LogP contribution in [-0.4, -0.2) is 36.5 Å². The highest BCUT2D eigenvalue weighted by Crippen LogP contribution is 2.31. The molecule has 120 valence electrons. The SMILES string of the molecule is Cc1ccc(C)c2c(C)c(C(=O)N3CCNCC3C)oc12.Cl. The predicted molar refractivity (Wildman–Crippen MR) is 91.0 cm³/mol. The Balaban J connectivity index is 0.00000176. The highest BCUT2D eigenvalue weighted by atomic mass is 35.5. The van der Waals surface area contributed by atoms with Crippen LogP contribution < -0.4 is 5.32 Å². The van der Waals surface area contributed by atoms with Gasteiger partial charge in [-0.15, -0.1) is 12.4 Å². The molecule has 1 saturated heterocycles. The van der Waals surface area contributed by atoms with Crippen LogP contribution in [0.5, 0.6) is 0 Å². The number of fused-ring (bicyclic) bond motifs is 1. The van der Waals surface area contributed by atoms with Crippen LogP contribution in [-0.2, 0) is 0 Å². The fourth-order valence-electron chi connectivity index (χ4n) is 3.15. The van der Waals surface area contributed by atoms with Gasteiger partial charge in [-0.25, -0.2) is 0 Å². The first-order valence-corrected chi connectivity index (χ1v) is 7.51. The first-order chi connectivity index (χ1) is 10.0. The number of furan rings is 1. The molecule has 1 fully saturated rings. The molecule has 0 spiro atoms. The molecular weight excluding hydrogens is 300 g/mol. The molecule has 0 bridgehead atoms. The Morgan fingerprint density at radius 2 is 1.95 bits per heavy atom. The summed E-state index contributed by atoms with van der Waals surface area (Å²) in [7, 11) is 0. The third-order valence-electron chi connectivity index (χ3n) is 4.44. The van der Waals surface area contributed by atoms with Gasteiger partial charge < -0.3 is 14.6 Å². The number of aryl methyl sites for hydroxylation is 3. The molecule has 5 heteroatoms. The Morgan fingerprint density at radius 3 is 2.59 bits per heavy atom. The van der Waals surface area contributed by atoms with Crippen molar-refractivity contribution in [3.63, 3.8) is 0 Å². The van der Waals surface area contributed by atoms with E-state index in [1.54, 1.807) is 0 Å². The van der Waals surface area contributed by atoms with Gasteiger partial charge in [0.2, 0.25) is 0 Å². The molecule has 1 atom stereocenters. The number of nitrogens with one attached hydrogen (secondary N) is 1. The minimum absolute atomic E-state index is 0. The maximum Gasteiger partial charge on any atom is 0.290 e. The molecule has 0 radical (unpaired) electrons. The number of benzene rings is 1. The molecule has 1 N–H and O–H groups in total. The Kier molecular flexibility index (Phi) is 4.83. The molecule has 1 amide bonds. The van der Waals surface area contributed by atoms with Crippen LogP contribution in [0.1, 0.15) is 34.2 Å². The number of hydrogen-bond acceptors (Lipinski definition) is 3. The van der Waals surface area contributed by atoms with Gasteiger partial charge in [-0.05, 0) is 38.8 Å². The molecule has 0 saturated carbocycles. The summed E-state index contributed by atoms with van der Waals surface area (Å²) in [5, 5.41) is 4.39. The lowest BCUT2D eigenvalue weighted by atomic mass is 10.0. The van der Waals surface area contributed by atoms with E-state index in [9.17, 15) is 4.79 Å². The van der Waals surface area contributed by atoms with Crippen LogP contribution in [0.15, 0.2) is 16.5 Å². The molecule has 2 heterocycles. The Labute approximate surface area is 137 Å². The molecule has 2 aromatic rings. The van der Waals surface area contributed by atoms with Crippen molar-refractivity contribution < 1.29 is 9.21 Å². The summed E-state index contributed by atoms with van der Waals surface area (Å²) in [6.07, 6.45) is 0. The van der Waals surface area contributed by atoms with Crippen molar-refractivity contribution in [1.29, 1.82) is 0 Å². The maximum absolute atomic E-state index is 12.8. The van der Waals surface area contributed by atoms with Gasteiger partial charge in [0, 0.05) is 36.6 Å². The molecule has 1 aliphatic heterocycles. The van der Waals surface area contributed by atoms with Crippen LogP contribution in [0.4, 0.5) is 0 Å². The van der Waals surface area contributed by atoms with Crippen molar-refractivity contribution in [3.8, 4) is 0 Å². The second kappa shape index (κ2) is 6.31. The fraction of sp³-hybridized carbons (Fsp3) is 0.471. The summed E-state index contributed by atoms with van der Waals surface area (Å²) in [6.45, 7) is 10.5. The second-order valence-corrected chi connectivity index (χ2v) is 6.01. The number of amides is 1. The second-order valence-electron chi connectivity index (χ2n) is 6.01. The zero-order valence-corrected chi connectivity index (χ0v) is 14.3. The highest BCUT2D eigenvalue weighted by molar-refractivity contribution is 6.00. The third-order valence-corrected chi connectivity index (χ3v) is 4.44. The van der Waals surface area contributed by atoms with E-state index in [0.717, 1.165) is 47.3 Å². The van der Waals surface area contributed by atoms with Crippen molar-refractivity contribution >= 4 is 29.3 Å². The van der Waals surface area contributed by atoms with E-state index in [2.05, 4.69) is 25.2 Å². The number of hydrogen-bond donors (Lipinski definition) is 1. The van der Waals surface area contributed by atoms with Crippen LogP contribution >= 0.6 is 12.4 Å². The summed E-state index contributed by atoms with van der Waals surface area (Å²) >= 11 is 0. The average molecular weight is 323 g/mol. The summed E-state index contributed by atoms with van der Waals surface area (Å²) in [6, 6.07) is 4.32. The van der Waals surface area contributed by atoms with Crippen molar-refractivity contribution in [1.82, 2.24) is 10.2 Å². The minimum Gasteiger partial charge on any atom is -0.450 e. The molecule has 1 aliphatic rings. The van der Waals surface area contributed by atoms with Crippen molar-refractivity contribution in [2.75, 3.05) is 19.6 Å². The normalized spacial score (nSPS) is 18.4. The van der Waals surface area contributed by atoms with Crippen LogP contribution in [0.3, 0.4) is 0 Å². The van der Waals surface area contributed by atoms with Gasteiger partial charge in [0.25, 0.3) is 5.91 Å². The number of piperazine rings is 1. The van der Waals surface area contributed by atoms with E-state index >= 15 is 0 Å². The lowest BCUT2D eigenvalue weighted by Gasteiger charge is -2.33. The van der Waals surface area contributed by atoms with Crippen molar-refractivity contribution in [3.05, 3.63) is 34.6 Å². The monoisotopic (exact) mass is 322 g/mol. The highest BCUT2D eigenvalue weighted by Gasteiger charge is 2.29. The average Bonchev–Trinajstić information content (AvgIpc) is 2.82. The summed E-state index contributed by atoms with van der Waals surface area (Å²) in [5.74, 6) is 0.507. The largest absolute Gasteiger partial charge is 0.450 e. The Morgan fingerprint density at radius 1 is 1.27 bits per heavy atom. The maximum atomic E-state index is 12.8. The number of carbonyl (C=O) groups is 1. The standard InChI is InChI=1S/C17H22N2O2.ClH/c1-10-5-6-11(2)15-14(10)13(4)16(21-15)17(20)19-8-7-18-9-12(19)3;/h5-6,12,18H,7-9H2,1-4H3;1H. The number of rotatable bonds is 1. The van der Waals surface area contributed by atoms with E-state index in [4.69, 9.17) is 4.42 Å². The van der Waals surface area contributed by atoms with Gasteiger partial charge in [0.15, 0.2) is 5.76 Å². The van der Waals surface area contributed by atoms with Gasteiger partial charge in [-0.1, -0.05) is 12.1 Å². The topological polar surface area (TPSA) is 45.5 Å². The number of halogens is 1. The van der Waals surface area contributed by atoms with E-state index in [0.29, 0.717) is 5.76 Å². The molecule has 3 rings (SSSR count). The predicted octanol–water partition coefficient (Wildman–Crippen LogP) is 3.21. The molecule has 4 nitrogen and oxygen atoms in total. The van der Waals surface area contributed by atoms with Gasteiger partial charge in [-0.2, -0.15) is 0 Å². The van der Waals surface area contributed by atoms with E-state index < -0.39 is 0 Å². The molecule has 1 aromatic carbocycles. The zero-order valence-electron chi connectivity index (χ0n) is 13.5. The van der Waals surface area contributed by atoms with E-state index in [1.807, 2.05) is 24.8 Å².